The molecule has 0 N–H and O–H groups in total. The number of halogens is 2. The van der Waals surface area contributed by atoms with E-state index in [9.17, 15) is 0 Å². The summed E-state index contributed by atoms with van der Waals surface area (Å²) >= 11 is 6.54. The Morgan fingerprint density at radius 1 is 1.50 bits per heavy atom. The molecule has 1 aromatic rings. The van der Waals surface area contributed by atoms with Gasteiger partial charge < -0.3 is 0 Å². The van der Waals surface area contributed by atoms with Gasteiger partial charge >= 0.3 is 0 Å². The number of rotatable bonds is 0. The van der Waals surface area contributed by atoms with E-state index in [-0.39, 0.29) is 0 Å². The average Bonchev–Trinajstić information content (AvgIpc) is 1.85. The Bertz CT molecular complexity index is 173. The van der Waals surface area contributed by atoms with Crippen LogP contribution < -0.4 is 0 Å². The quantitative estimate of drug-likeness (QED) is 0.631. The first-order chi connectivity index (χ1) is 3.70. The first-order valence-electron chi connectivity index (χ1n) is 2.11. The van der Waals surface area contributed by atoms with E-state index in [4.69, 9.17) is 0 Å². The van der Waals surface area contributed by atoms with Gasteiger partial charge in [0.15, 0.2) is 0 Å². The molecule has 1 heterocycles. The van der Waals surface area contributed by atoms with Gasteiger partial charge in [-0.05, 0) is 58.2 Å². The molecule has 44 valence electrons. The lowest BCUT2D eigenvalue weighted by molar-refractivity contribution is 1.58. The predicted molar refractivity (Wildman–Crippen MR) is 54.5 cm³/mol. The summed E-state index contributed by atoms with van der Waals surface area (Å²) in [5.41, 5.74) is 0. The van der Waals surface area contributed by atoms with Crippen LogP contribution in [0.3, 0.4) is 0 Å². The second-order valence-corrected chi connectivity index (χ2v) is 5.77. The van der Waals surface area contributed by atoms with Gasteiger partial charge in [0.05, 0.1) is 2.88 Å². The second-order valence-electron chi connectivity index (χ2n) is 1.45. The number of hydrogen-bond donors (Lipinski definition) is 0. The maximum Gasteiger partial charge on any atom is 0.0667 e. The summed E-state index contributed by atoms with van der Waals surface area (Å²) in [4.78, 5) is 1.43. The molecule has 1 aromatic heterocycles. The molecule has 0 atom stereocenters. The van der Waals surface area contributed by atoms with Crippen molar-refractivity contribution in [1.82, 2.24) is 0 Å². The third kappa shape index (κ3) is 1.57. The van der Waals surface area contributed by atoms with Crippen molar-refractivity contribution in [2.45, 2.75) is 6.92 Å². The molecule has 0 amide bonds. The van der Waals surface area contributed by atoms with E-state index in [1.807, 2.05) is 11.3 Å². The van der Waals surface area contributed by atoms with Crippen LogP contribution in [-0.4, -0.2) is 0 Å². The Morgan fingerprint density at radius 3 is 2.25 bits per heavy atom. The van der Waals surface area contributed by atoms with Crippen LogP contribution in [0.1, 0.15) is 4.88 Å². The lowest BCUT2D eigenvalue weighted by atomic mass is 10.5. The molecule has 0 aliphatic heterocycles. The highest BCUT2D eigenvalue weighted by Crippen LogP contribution is 2.23. The topological polar surface area (TPSA) is 0 Å². The fourth-order valence-electron chi connectivity index (χ4n) is 0.426. The van der Waals surface area contributed by atoms with Crippen LogP contribution >= 0.6 is 56.5 Å². The summed E-state index contributed by atoms with van der Waals surface area (Å²) in [5, 5.41) is 0. The highest BCUT2D eigenvalue weighted by molar-refractivity contribution is 14.1. The van der Waals surface area contributed by atoms with E-state index in [1.165, 1.54) is 11.3 Å². The van der Waals surface area contributed by atoms with E-state index in [1.54, 1.807) is 0 Å². The fraction of sp³-hybridized carbons (Fsp3) is 0.200. The van der Waals surface area contributed by atoms with Gasteiger partial charge in [0.2, 0.25) is 0 Å². The summed E-state index contributed by atoms with van der Waals surface area (Å²) in [6.45, 7) is 2.15. The van der Waals surface area contributed by atoms with Gasteiger partial charge in [-0.25, -0.2) is 0 Å². The van der Waals surface area contributed by atoms with Gasteiger partial charge in [-0.1, -0.05) is 0 Å². The summed E-state index contributed by atoms with van der Waals surface area (Å²) in [7, 11) is 0. The third-order valence-electron chi connectivity index (χ3n) is 0.827. The molecular weight excluding hydrogens is 346 g/mol. The van der Waals surface area contributed by atoms with Crippen molar-refractivity contribution in [3.8, 4) is 0 Å². The van der Waals surface area contributed by atoms with E-state index >= 15 is 0 Å². The van der Waals surface area contributed by atoms with Crippen molar-refractivity contribution < 1.29 is 0 Å². The van der Waals surface area contributed by atoms with E-state index in [0.29, 0.717) is 0 Å². The standard InChI is InChI=1S/C5H4I2S/c1-3-4(6)2-5(7)8-3/h2H,1H3. The zero-order chi connectivity index (χ0) is 6.15. The summed E-state index contributed by atoms with van der Waals surface area (Å²) in [6.07, 6.45) is 0. The predicted octanol–water partition coefficient (Wildman–Crippen LogP) is 3.27. The summed E-state index contributed by atoms with van der Waals surface area (Å²) in [6, 6.07) is 2.20. The van der Waals surface area contributed by atoms with Crippen molar-refractivity contribution in [3.05, 3.63) is 17.4 Å². The second kappa shape index (κ2) is 2.83. The SMILES string of the molecule is Cc1sc(I)cc1I. The molecule has 0 spiro atoms. The molecule has 8 heavy (non-hydrogen) atoms. The van der Waals surface area contributed by atoms with E-state index in [2.05, 4.69) is 58.2 Å². The van der Waals surface area contributed by atoms with Gasteiger partial charge in [0.25, 0.3) is 0 Å². The summed E-state index contributed by atoms with van der Waals surface area (Å²) < 4.78 is 2.77. The first-order valence-corrected chi connectivity index (χ1v) is 5.09. The van der Waals surface area contributed by atoms with Gasteiger partial charge in [0, 0.05) is 8.45 Å². The smallest absolute Gasteiger partial charge is 0.0667 e. The number of hydrogen-bond acceptors (Lipinski definition) is 1. The molecule has 0 aliphatic carbocycles. The normalized spacial score (nSPS) is 9.88. The van der Waals surface area contributed by atoms with Crippen LogP contribution in [0.2, 0.25) is 0 Å². The average molecular weight is 350 g/mol. The van der Waals surface area contributed by atoms with Crippen molar-refractivity contribution in [2.24, 2.45) is 0 Å². The minimum Gasteiger partial charge on any atom is -0.133 e. The van der Waals surface area contributed by atoms with Gasteiger partial charge in [-0.2, -0.15) is 0 Å². The summed E-state index contributed by atoms with van der Waals surface area (Å²) in [5.74, 6) is 0. The zero-order valence-electron chi connectivity index (χ0n) is 4.24. The molecule has 0 saturated heterocycles. The van der Waals surface area contributed by atoms with Crippen LogP contribution in [0.4, 0.5) is 0 Å². The van der Waals surface area contributed by atoms with Crippen LogP contribution in [-0.2, 0) is 0 Å². The van der Waals surface area contributed by atoms with E-state index < -0.39 is 0 Å². The minimum atomic E-state index is 1.38. The zero-order valence-corrected chi connectivity index (χ0v) is 9.37. The fourth-order valence-corrected chi connectivity index (χ4v) is 3.80. The van der Waals surface area contributed by atoms with E-state index in [0.717, 1.165) is 0 Å². The molecule has 0 aliphatic rings. The van der Waals surface area contributed by atoms with Crippen LogP contribution in [0.15, 0.2) is 6.07 Å². The number of thiophene rings is 1. The molecule has 0 nitrogen and oxygen atoms in total. The van der Waals surface area contributed by atoms with Gasteiger partial charge in [-0.15, -0.1) is 11.3 Å². The Balaban J connectivity index is 3.14. The molecule has 1 rings (SSSR count). The van der Waals surface area contributed by atoms with Crippen LogP contribution in [0.25, 0.3) is 0 Å². The Hall–Kier alpha value is 1.16. The van der Waals surface area contributed by atoms with Crippen LogP contribution in [0, 0.1) is 13.4 Å². The molecular formula is C5H4I2S. The molecule has 0 saturated carbocycles. The largest absolute Gasteiger partial charge is 0.133 e. The highest BCUT2D eigenvalue weighted by atomic mass is 127. The third-order valence-corrected chi connectivity index (χ3v) is 4.12. The maximum atomic E-state index is 2.35. The maximum absolute atomic E-state index is 2.35. The molecule has 0 bridgehead atoms. The van der Waals surface area contributed by atoms with Crippen molar-refractivity contribution in [2.75, 3.05) is 0 Å². The monoisotopic (exact) mass is 350 g/mol. The Labute approximate surface area is 80.0 Å². The first kappa shape index (κ1) is 7.27. The minimum absolute atomic E-state index is 1.38. The molecule has 0 unspecified atom stereocenters. The lowest BCUT2D eigenvalue weighted by Crippen LogP contribution is -1.60. The van der Waals surface area contributed by atoms with Crippen LogP contribution in [0.5, 0.6) is 0 Å². The number of aryl methyl sites for hydroxylation is 1. The highest BCUT2D eigenvalue weighted by Gasteiger charge is 1.96. The van der Waals surface area contributed by atoms with Crippen molar-refractivity contribution in [3.63, 3.8) is 0 Å². The van der Waals surface area contributed by atoms with Gasteiger partial charge in [0.1, 0.15) is 0 Å². The Kier molecular flexibility index (Phi) is 2.57. The van der Waals surface area contributed by atoms with Crippen molar-refractivity contribution in [1.29, 1.82) is 0 Å². The molecule has 0 fully saturated rings. The molecule has 0 radical (unpaired) electrons. The Morgan fingerprint density at radius 2 is 2.12 bits per heavy atom. The van der Waals surface area contributed by atoms with Crippen molar-refractivity contribution >= 4 is 56.5 Å². The van der Waals surface area contributed by atoms with Gasteiger partial charge in [-0.3, -0.25) is 0 Å². The molecule has 3 heteroatoms. The molecule has 0 aromatic carbocycles. The lowest BCUT2D eigenvalue weighted by Gasteiger charge is -1.77.